The van der Waals surface area contributed by atoms with Crippen LogP contribution in [0.15, 0.2) is 24.3 Å². The molecule has 0 radical (unpaired) electrons. The van der Waals surface area contributed by atoms with Crippen molar-refractivity contribution in [2.75, 3.05) is 26.2 Å². The molecular formula is C25H32N4O2. The molecule has 2 amide bonds. The van der Waals surface area contributed by atoms with Crippen LogP contribution in [0, 0.1) is 12.8 Å². The number of aryl methyl sites for hydroxylation is 1. The van der Waals surface area contributed by atoms with E-state index in [1.807, 2.05) is 26.6 Å². The Morgan fingerprint density at radius 2 is 1.84 bits per heavy atom. The summed E-state index contributed by atoms with van der Waals surface area (Å²) >= 11 is 0. The van der Waals surface area contributed by atoms with Crippen LogP contribution in [0.25, 0.3) is 5.69 Å². The number of para-hydroxylation sites is 1. The molecule has 0 spiro atoms. The number of aromatic nitrogens is 2. The highest BCUT2D eigenvalue weighted by Crippen LogP contribution is 2.30. The summed E-state index contributed by atoms with van der Waals surface area (Å²) in [6.07, 6.45) is 7.80. The first-order valence-corrected chi connectivity index (χ1v) is 11.9. The Kier molecular flexibility index (Phi) is 5.55. The van der Waals surface area contributed by atoms with Crippen molar-refractivity contribution < 1.29 is 9.59 Å². The van der Waals surface area contributed by atoms with Gasteiger partial charge in [-0.3, -0.25) is 9.59 Å². The van der Waals surface area contributed by atoms with E-state index in [1.54, 1.807) is 0 Å². The summed E-state index contributed by atoms with van der Waals surface area (Å²) < 4.78 is 2.01. The fourth-order valence-electron chi connectivity index (χ4n) is 5.44. The molecule has 5 rings (SSSR count). The van der Waals surface area contributed by atoms with Crippen molar-refractivity contribution in [3.63, 3.8) is 0 Å². The van der Waals surface area contributed by atoms with Crippen LogP contribution in [-0.4, -0.2) is 57.6 Å². The monoisotopic (exact) mass is 420 g/mol. The van der Waals surface area contributed by atoms with Crippen LogP contribution in [0.2, 0.25) is 0 Å². The molecule has 164 valence electrons. The minimum absolute atomic E-state index is 0.0815. The van der Waals surface area contributed by atoms with Gasteiger partial charge in [-0.05, 0) is 69.4 Å². The summed E-state index contributed by atoms with van der Waals surface area (Å²) in [5.74, 6) is 0.890. The summed E-state index contributed by atoms with van der Waals surface area (Å²) in [7, 11) is 0. The van der Waals surface area contributed by atoms with Gasteiger partial charge in [0.25, 0.3) is 5.91 Å². The third-order valence-corrected chi connectivity index (χ3v) is 7.28. The molecule has 6 nitrogen and oxygen atoms in total. The largest absolute Gasteiger partial charge is 0.342 e. The van der Waals surface area contributed by atoms with Gasteiger partial charge in [0.05, 0.1) is 5.69 Å². The van der Waals surface area contributed by atoms with Crippen molar-refractivity contribution in [2.45, 2.75) is 58.3 Å². The third kappa shape index (κ3) is 3.88. The van der Waals surface area contributed by atoms with Gasteiger partial charge in [0.15, 0.2) is 5.69 Å². The molecule has 2 fully saturated rings. The Morgan fingerprint density at radius 3 is 2.61 bits per heavy atom. The average molecular weight is 421 g/mol. The molecule has 1 aromatic carbocycles. The van der Waals surface area contributed by atoms with Crippen LogP contribution >= 0.6 is 0 Å². The topological polar surface area (TPSA) is 58.4 Å². The summed E-state index contributed by atoms with van der Waals surface area (Å²) in [5.41, 5.74) is 5.25. The molecule has 0 atom stereocenters. The van der Waals surface area contributed by atoms with E-state index in [0.29, 0.717) is 23.9 Å². The third-order valence-electron chi connectivity index (χ3n) is 7.28. The van der Waals surface area contributed by atoms with Gasteiger partial charge in [-0.25, -0.2) is 4.68 Å². The number of carbonyl (C=O) groups is 2. The molecule has 3 aliphatic rings. The maximum atomic E-state index is 13.4. The molecule has 0 N–H and O–H groups in total. The molecule has 1 aromatic heterocycles. The molecule has 0 saturated carbocycles. The molecule has 2 saturated heterocycles. The smallest absolute Gasteiger partial charge is 0.274 e. The highest BCUT2D eigenvalue weighted by atomic mass is 16.2. The van der Waals surface area contributed by atoms with E-state index in [0.717, 1.165) is 82.4 Å². The van der Waals surface area contributed by atoms with E-state index < -0.39 is 0 Å². The average Bonchev–Trinajstić information content (AvgIpc) is 3.39. The Bertz CT molecular complexity index is 987. The molecule has 3 heterocycles. The predicted octanol–water partition coefficient (Wildman–Crippen LogP) is 3.53. The standard InChI is InChI=1S/C25H32N4O2/c1-18-7-2-3-9-21(18)29-22-10-6-8-20(22)24(26-29)25(31)27-15-12-19(13-16-27)17-28-14-5-4-11-23(28)30/h2-3,7,9,19H,4-6,8,10-17H2,1H3. The highest BCUT2D eigenvalue weighted by molar-refractivity contribution is 5.94. The summed E-state index contributed by atoms with van der Waals surface area (Å²) in [6, 6.07) is 8.25. The van der Waals surface area contributed by atoms with Gasteiger partial charge in [0.2, 0.25) is 5.91 Å². The first-order valence-electron chi connectivity index (χ1n) is 11.9. The van der Waals surface area contributed by atoms with Crippen LogP contribution in [0.4, 0.5) is 0 Å². The summed E-state index contributed by atoms with van der Waals surface area (Å²) in [5, 5.41) is 4.83. The lowest BCUT2D eigenvalue weighted by Crippen LogP contribution is -2.44. The van der Waals surface area contributed by atoms with Gasteiger partial charge in [-0.1, -0.05) is 18.2 Å². The number of carbonyl (C=O) groups excluding carboxylic acids is 2. The molecule has 6 heteroatoms. The van der Waals surface area contributed by atoms with E-state index in [-0.39, 0.29) is 5.91 Å². The van der Waals surface area contributed by atoms with E-state index in [9.17, 15) is 9.59 Å². The van der Waals surface area contributed by atoms with Crippen molar-refractivity contribution in [2.24, 2.45) is 5.92 Å². The Hall–Kier alpha value is -2.63. The van der Waals surface area contributed by atoms with Crippen LogP contribution < -0.4 is 0 Å². The second-order valence-electron chi connectivity index (χ2n) is 9.36. The van der Waals surface area contributed by atoms with Crippen LogP contribution in [0.3, 0.4) is 0 Å². The highest BCUT2D eigenvalue weighted by Gasteiger charge is 2.32. The minimum Gasteiger partial charge on any atom is -0.342 e. The molecule has 2 aromatic rings. The van der Waals surface area contributed by atoms with Crippen LogP contribution in [0.1, 0.15) is 65.8 Å². The zero-order valence-corrected chi connectivity index (χ0v) is 18.5. The zero-order valence-electron chi connectivity index (χ0n) is 18.5. The Labute approximate surface area is 184 Å². The van der Waals surface area contributed by atoms with Crippen molar-refractivity contribution in [1.82, 2.24) is 19.6 Å². The normalized spacial score (nSPS) is 19.7. The van der Waals surface area contributed by atoms with E-state index in [1.165, 1.54) is 11.3 Å². The van der Waals surface area contributed by atoms with Gasteiger partial charge in [-0.15, -0.1) is 0 Å². The van der Waals surface area contributed by atoms with Crippen molar-refractivity contribution >= 4 is 11.8 Å². The van der Waals surface area contributed by atoms with Gasteiger partial charge in [0.1, 0.15) is 0 Å². The number of likely N-dealkylation sites (tertiary alicyclic amines) is 2. The minimum atomic E-state index is 0.0815. The van der Waals surface area contributed by atoms with Crippen LogP contribution in [-0.2, 0) is 17.6 Å². The number of hydrogen-bond acceptors (Lipinski definition) is 3. The van der Waals surface area contributed by atoms with Gasteiger partial charge in [0, 0.05) is 43.9 Å². The fraction of sp³-hybridized carbons (Fsp3) is 0.560. The zero-order chi connectivity index (χ0) is 21.4. The Morgan fingerprint density at radius 1 is 1.03 bits per heavy atom. The van der Waals surface area contributed by atoms with Gasteiger partial charge < -0.3 is 9.80 Å². The number of rotatable bonds is 4. The van der Waals surface area contributed by atoms with Crippen molar-refractivity contribution in [1.29, 1.82) is 0 Å². The second kappa shape index (κ2) is 8.48. The van der Waals surface area contributed by atoms with Gasteiger partial charge >= 0.3 is 0 Å². The van der Waals surface area contributed by atoms with Crippen LogP contribution in [0.5, 0.6) is 0 Å². The molecular weight excluding hydrogens is 388 g/mol. The molecule has 31 heavy (non-hydrogen) atoms. The molecule has 0 unspecified atom stereocenters. The SMILES string of the molecule is Cc1ccccc1-n1nc(C(=O)N2CCC(CN3CCCCC3=O)CC2)c2c1CCC2. The number of nitrogens with zero attached hydrogens (tertiary/aromatic N) is 4. The fourth-order valence-corrected chi connectivity index (χ4v) is 5.44. The number of amides is 2. The number of benzene rings is 1. The van der Waals surface area contributed by atoms with E-state index >= 15 is 0 Å². The number of hydrogen-bond donors (Lipinski definition) is 0. The lowest BCUT2D eigenvalue weighted by Gasteiger charge is -2.36. The van der Waals surface area contributed by atoms with Crippen molar-refractivity contribution in [3.8, 4) is 5.69 Å². The van der Waals surface area contributed by atoms with E-state index in [2.05, 4.69) is 19.1 Å². The number of piperidine rings is 2. The van der Waals surface area contributed by atoms with Gasteiger partial charge in [-0.2, -0.15) is 5.10 Å². The lowest BCUT2D eigenvalue weighted by atomic mass is 9.95. The summed E-state index contributed by atoms with van der Waals surface area (Å²) in [6.45, 7) is 5.38. The van der Waals surface area contributed by atoms with E-state index in [4.69, 9.17) is 5.10 Å². The molecule has 0 bridgehead atoms. The molecule has 1 aliphatic carbocycles. The quantitative estimate of drug-likeness (QED) is 0.760. The molecule has 2 aliphatic heterocycles. The lowest BCUT2D eigenvalue weighted by molar-refractivity contribution is -0.134. The second-order valence-corrected chi connectivity index (χ2v) is 9.36. The first kappa shape index (κ1) is 20.3. The Balaban J connectivity index is 1.29. The van der Waals surface area contributed by atoms with Crippen molar-refractivity contribution in [3.05, 3.63) is 46.8 Å². The summed E-state index contributed by atoms with van der Waals surface area (Å²) in [4.78, 5) is 29.6. The number of fused-ring (bicyclic) bond motifs is 1. The first-order chi connectivity index (χ1) is 15.1. The maximum Gasteiger partial charge on any atom is 0.274 e. The maximum absolute atomic E-state index is 13.4. The predicted molar refractivity (Wildman–Crippen MR) is 119 cm³/mol.